The Kier molecular flexibility index (Phi) is 4.74. The first-order chi connectivity index (χ1) is 10.5. The number of hydrogen-bond acceptors (Lipinski definition) is 6. The van der Waals surface area contributed by atoms with Crippen molar-refractivity contribution < 1.29 is 23.7 Å². The summed E-state index contributed by atoms with van der Waals surface area (Å²) >= 11 is 5.83. The largest absolute Gasteiger partial charge is 0.457 e. The van der Waals surface area contributed by atoms with Crippen LogP contribution in [0.3, 0.4) is 0 Å². The Balaban J connectivity index is 1.96. The molecule has 0 aliphatic rings. The number of halogens is 1. The molecule has 0 radical (unpaired) electrons. The Hall–Kier alpha value is -2.87. The molecule has 8 nitrogen and oxygen atoms in total. The van der Waals surface area contributed by atoms with Crippen molar-refractivity contribution in [2.75, 3.05) is 11.9 Å². The van der Waals surface area contributed by atoms with Gasteiger partial charge in [0.1, 0.15) is 0 Å². The lowest BCUT2D eigenvalue weighted by molar-refractivity contribution is -0.384. The van der Waals surface area contributed by atoms with Crippen LogP contribution in [0.25, 0.3) is 0 Å². The average molecular weight is 325 g/mol. The Morgan fingerprint density at radius 3 is 2.77 bits per heavy atom. The van der Waals surface area contributed by atoms with Gasteiger partial charge in [-0.1, -0.05) is 11.6 Å². The molecule has 1 N–H and O–H groups in total. The average Bonchev–Trinajstić information content (AvgIpc) is 3.01. The van der Waals surface area contributed by atoms with Crippen LogP contribution in [0.5, 0.6) is 0 Å². The van der Waals surface area contributed by atoms with Crippen LogP contribution in [0.1, 0.15) is 10.6 Å². The molecule has 0 spiro atoms. The van der Waals surface area contributed by atoms with Gasteiger partial charge in [-0.15, -0.1) is 0 Å². The number of nitro benzene ring substituents is 1. The quantitative estimate of drug-likeness (QED) is 0.514. The number of rotatable bonds is 5. The summed E-state index contributed by atoms with van der Waals surface area (Å²) in [7, 11) is 0. The number of ether oxygens (including phenoxy) is 1. The first kappa shape index (κ1) is 15.5. The maximum Gasteiger partial charge on any atom is 0.374 e. The van der Waals surface area contributed by atoms with Crippen LogP contribution >= 0.6 is 11.6 Å². The van der Waals surface area contributed by atoms with Crippen LogP contribution in [0.15, 0.2) is 41.0 Å². The number of esters is 1. The molecule has 1 aromatic carbocycles. The number of benzene rings is 1. The number of furan rings is 1. The Labute approximate surface area is 128 Å². The van der Waals surface area contributed by atoms with Crippen molar-refractivity contribution >= 4 is 34.9 Å². The van der Waals surface area contributed by atoms with E-state index in [2.05, 4.69) is 5.32 Å². The van der Waals surface area contributed by atoms with Crippen LogP contribution in [-0.4, -0.2) is 23.4 Å². The highest BCUT2D eigenvalue weighted by atomic mass is 35.5. The number of nitrogens with one attached hydrogen (secondary N) is 1. The number of amides is 1. The van der Waals surface area contributed by atoms with Gasteiger partial charge in [0.05, 0.1) is 21.9 Å². The third-order valence-electron chi connectivity index (χ3n) is 2.49. The zero-order chi connectivity index (χ0) is 16.1. The SMILES string of the molecule is O=C(COC(=O)c1ccco1)Nc1cc([N+](=O)[O-])ccc1Cl. The van der Waals surface area contributed by atoms with Gasteiger partial charge in [-0.3, -0.25) is 14.9 Å². The van der Waals surface area contributed by atoms with Gasteiger partial charge in [0.2, 0.25) is 5.76 Å². The zero-order valence-corrected chi connectivity index (χ0v) is 11.7. The Morgan fingerprint density at radius 2 is 2.14 bits per heavy atom. The number of nitro groups is 1. The van der Waals surface area contributed by atoms with Gasteiger partial charge in [-0.05, 0) is 18.2 Å². The van der Waals surface area contributed by atoms with E-state index in [0.717, 1.165) is 6.07 Å². The molecular weight excluding hydrogens is 316 g/mol. The highest BCUT2D eigenvalue weighted by Crippen LogP contribution is 2.26. The fraction of sp³-hybridized carbons (Fsp3) is 0.0769. The predicted octanol–water partition coefficient (Wildman–Crippen LogP) is 2.64. The summed E-state index contributed by atoms with van der Waals surface area (Å²) < 4.78 is 9.52. The number of non-ortho nitro benzene ring substituents is 1. The smallest absolute Gasteiger partial charge is 0.374 e. The second-order valence-electron chi connectivity index (χ2n) is 4.02. The molecule has 0 aliphatic heterocycles. The van der Waals surface area contributed by atoms with E-state index in [1.165, 1.54) is 30.5 Å². The fourth-order valence-corrected chi connectivity index (χ4v) is 1.67. The molecule has 22 heavy (non-hydrogen) atoms. The second kappa shape index (κ2) is 6.72. The van der Waals surface area contributed by atoms with Crippen molar-refractivity contribution in [3.05, 3.63) is 57.5 Å². The third kappa shape index (κ3) is 3.83. The number of nitrogens with zero attached hydrogens (tertiary/aromatic N) is 1. The summed E-state index contributed by atoms with van der Waals surface area (Å²) in [6.07, 6.45) is 1.29. The highest BCUT2D eigenvalue weighted by Gasteiger charge is 2.15. The maximum absolute atomic E-state index is 11.7. The highest BCUT2D eigenvalue weighted by molar-refractivity contribution is 6.33. The van der Waals surface area contributed by atoms with Gasteiger partial charge in [0.15, 0.2) is 6.61 Å². The summed E-state index contributed by atoms with van der Waals surface area (Å²) in [6.45, 7) is -0.585. The minimum atomic E-state index is -0.801. The van der Waals surface area contributed by atoms with Gasteiger partial charge in [0, 0.05) is 12.1 Å². The monoisotopic (exact) mass is 324 g/mol. The zero-order valence-electron chi connectivity index (χ0n) is 10.9. The van der Waals surface area contributed by atoms with E-state index in [1.54, 1.807) is 0 Å². The summed E-state index contributed by atoms with van der Waals surface area (Å²) in [6, 6.07) is 6.48. The molecule has 0 unspecified atom stereocenters. The summed E-state index contributed by atoms with van der Waals surface area (Å²) in [4.78, 5) is 33.2. The first-order valence-corrected chi connectivity index (χ1v) is 6.29. The van der Waals surface area contributed by atoms with Crippen LogP contribution < -0.4 is 5.32 Å². The van der Waals surface area contributed by atoms with E-state index < -0.39 is 23.4 Å². The molecule has 114 valence electrons. The van der Waals surface area contributed by atoms with Crippen LogP contribution in [-0.2, 0) is 9.53 Å². The minimum Gasteiger partial charge on any atom is -0.457 e. The number of anilines is 1. The molecule has 9 heteroatoms. The van der Waals surface area contributed by atoms with E-state index in [9.17, 15) is 19.7 Å². The molecule has 0 saturated carbocycles. The molecule has 0 aliphatic carbocycles. The lowest BCUT2D eigenvalue weighted by Gasteiger charge is -2.07. The lowest BCUT2D eigenvalue weighted by Crippen LogP contribution is -2.21. The third-order valence-corrected chi connectivity index (χ3v) is 2.82. The normalized spacial score (nSPS) is 10.0. The molecule has 2 rings (SSSR count). The van der Waals surface area contributed by atoms with E-state index in [-0.39, 0.29) is 22.2 Å². The van der Waals surface area contributed by atoms with Crippen molar-refractivity contribution in [3.63, 3.8) is 0 Å². The van der Waals surface area contributed by atoms with Gasteiger partial charge in [-0.2, -0.15) is 0 Å². The number of hydrogen-bond donors (Lipinski definition) is 1. The molecule has 1 amide bonds. The molecule has 0 atom stereocenters. The van der Waals surface area contributed by atoms with E-state index in [0.29, 0.717) is 0 Å². The molecule has 0 fully saturated rings. The van der Waals surface area contributed by atoms with Crippen molar-refractivity contribution in [1.29, 1.82) is 0 Å². The summed E-state index contributed by atoms with van der Waals surface area (Å²) in [5, 5.41) is 13.1. The van der Waals surface area contributed by atoms with Crippen LogP contribution in [0.4, 0.5) is 11.4 Å². The lowest BCUT2D eigenvalue weighted by atomic mass is 10.3. The molecule has 2 aromatic rings. The number of carbonyl (C=O) groups is 2. The molecule has 1 aromatic heterocycles. The minimum absolute atomic E-state index is 0.0406. The van der Waals surface area contributed by atoms with E-state index in [1.807, 2.05) is 0 Å². The standard InChI is InChI=1S/C13H9ClN2O6/c14-9-4-3-8(16(19)20)6-10(9)15-12(17)7-22-13(18)11-2-1-5-21-11/h1-6H,7H2,(H,15,17). The predicted molar refractivity (Wildman–Crippen MR) is 75.7 cm³/mol. The van der Waals surface area contributed by atoms with Gasteiger partial charge in [0.25, 0.3) is 11.6 Å². The van der Waals surface area contributed by atoms with Crippen molar-refractivity contribution in [1.82, 2.24) is 0 Å². The molecule has 0 saturated heterocycles. The Morgan fingerprint density at radius 1 is 1.36 bits per heavy atom. The molecular formula is C13H9ClN2O6. The molecule has 0 bridgehead atoms. The van der Waals surface area contributed by atoms with E-state index >= 15 is 0 Å². The van der Waals surface area contributed by atoms with Crippen LogP contribution in [0, 0.1) is 10.1 Å². The summed E-state index contributed by atoms with van der Waals surface area (Å²) in [5.74, 6) is -1.53. The summed E-state index contributed by atoms with van der Waals surface area (Å²) in [5.41, 5.74) is -0.179. The van der Waals surface area contributed by atoms with Crippen molar-refractivity contribution in [2.45, 2.75) is 0 Å². The van der Waals surface area contributed by atoms with Crippen molar-refractivity contribution in [3.8, 4) is 0 Å². The Bertz CT molecular complexity index is 713. The fourth-order valence-electron chi connectivity index (χ4n) is 1.51. The molecule has 1 heterocycles. The topological polar surface area (TPSA) is 112 Å². The van der Waals surface area contributed by atoms with Crippen molar-refractivity contribution in [2.24, 2.45) is 0 Å². The first-order valence-electron chi connectivity index (χ1n) is 5.92. The van der Waals surface area contributed by atoms with Gasteiger partial charge < -0.3 is 14.5 Å². The number of carbonyl (C=O) groups excluding carboxylic acids is 2. The van der Waals surface area contributed by atoms with Crippen LogP contribution in [0.2, 0.25) is 5.02 Å². The second-order valence-corrected chi connectivity index (χ2v) is 4.43. The van der Waals surface area contributed by atoms with E-state index in [4.69, 9.17) is 20.8 Å². The van der Waals surface area contributed by atoms with Gasteiger partial charge >= 0.3 is 5.97 Å². The van der Waals surface area contributed by atoms with Gasteiger partial charge in [-0.25, -0.2) is 4.79 Å². The maximum atomic E-state index is 11.7.